The van der Waals surface area contributed by atoms with Gasteiger partial charge in [0.2, 0.25) is 0 Å². The molecule has 0 bridgehead atoms. The Morgan fingerprint density at radius 2 is 2.00 bits per heavy atom. The molecule has 0 unspecified atom stereocenters. The molecular weight excluding hydrogens is 436 g/mol. The maximum atomic E-state index is 12.5. The average molecular weight is 463 g/mol. The highest BCUT2D eigenvalue weighted by Crippen LogP contribution is 2.35. The minimum absolute atomic E-state index is 0.0193. The molecule has 8 heteroatoms. The fourth-order valence-electron chi connectivity index (χ4n) is 4.34. The van der Waals surface area contributed by atoms with Gasteiger partial charge in [0.1, 0.15) is 0 Å². The number of nitrogens with one attached hydrogen (secondary N) is 1. The molecule has 33 heavy (non-hydrogen) atoms. The number of rotatable bonds is 6. The number of anilines is 1. The minimum Gasteiger partial charge on any atom is -0.382 e. The lowest BCUT2D eigenvalue weighted by molar-refractivity contribution is 0.694. The van der Waals surface area contributed by atoms with Gasteiger partial charge in [0.05, 0.1) is 28.1 Å². The zero-order valence-electron chi connectivity index (χ0n) is 19.3. The van der Waals surface area contributed by atoms with Gasteiger partial charge >= 0.3 is 0 Å². The molecule has 1 aliphatic carbocycles. The van der Waals surface area contributed by atoms with Crippen LogP contribution in [-0.4, -0.2) is 30.4 Å². The summed E-state index contributed by atoms with van der Waals surface area (Å²) in [4.78, 5) is 21.6. The second-order valence-corrected chi connectivity index (χ2v) is 9.46. The van der Waals surface area contributed by atoms with E-state index in [4.69, 9.17) is 16.6 Å². The van der Waals surface area contributed by atoms with Crippen molar-refractivity contribution in [1.29, 1.82) is 0 Å². The van der Waals surface area contributed by atoms with Gasteiger partial charge in [0, 0.05) is 42.3 Å². The fraction of sp³-hybridized carbons (Fsp3) is 0.360. The molecule has 1 N–H and O–H groups in total. The molecule has 170 valence electrons. The SMILES string of the molecule is Cc1cc(C)n(-c2ncc(Cl)c(Cc3ccc4c(c3)c(N[C@H](C)C3CC3)cc(=O)n4C)n2)n1. The van der Waals surface area contributed by atoms with E-state index in [2.05, 4.69) is 28.4 Å². The summed E-state index contributed by atoms with van der Waals surface area (Å²) in [6.07, 6.45) is 4.66. The summed E-state index contributed by atoms with van der Waals surface area (Å²) >= 11 is 6.47. The van der Waals surface area contributed by atoms with Gasteiger partial charge in [-0.2, -0.15) is 5.10 Å². The fourth-order valence-corrected chi connectivity index (χ4v) is 4.50. The lowest BCUT2D eigenvalue weighted by Crippen LogP contribution is -2.22. The van der Waals surface area contributed by atoms with E-state index in [0.717, 1.165) is 39.2 Å². The van der Waals surface area contributed by atoms with Crippen LogP contribution in [0.15, 0.2) is 41.3 Å². The van der Waals surface area contributed by atoms with Crippen molar-refractivity contribution in [3.63, 3.8) is 0 Å². The van der Waals surface area contributed by atoms with Crippen molar-refractivity contribution in [2.75, 3.05) is 5.32 Å². The van der Waals surface area contributed by atoms with Crippen molar-refractivity contribution < 1.29 is 0 Å². The summed E-state index contributed by atoms with van der Waals surface area (Å²) in [5.74, 6) is 1.18. The maximum absolute atomic E-state index is 12.5. The molecule has 1 saturated carbocycles. The van der Waals surface area contributed by atoms with Crippen LogP contribution < -0.4 is 10.9 Å². The molecule has 0 saturated heterocycles. The summed E-state index contributed by atoms with van der Waals surface area (Å²) < 4.78 is 3.41. The zero-order chi connectivity index (χ0) is 23.3. The number of benzene rings is 1. The third-order valence-electron chi connectivity index (χ3n) is 6.40. The zero-order valence-corrected chi connectivity index (χ0v) is 20.0. The molecule has 0 amide bonds. The number of aryl methyl sites for hydroxylation is 3. The van der Waals surface area contributed by atoms with Crippen LogP contribution in [0.3, 0.4) is 0 Å². The smallest absolute Gasteiger partial charge is 0.252 e. The molecule has 1 aliphatic rings. The van der Waals surface area contributed by atoms with Crippen LogP contribution in [0.5, 0.6) is 0 Å². The Kier molecular flexibility index (Phi) is 5.44. The number of hydrogen-bond acceptors (Lipinski definition) is 5. The van der Waals surface area contributed by atoms with Crippen LogP contribution in [0.4, 0.5) is 5.69 Å². The first-order valence-corrected chi connectivity index (χ1v) is 11.6. The van der Waals surface area contributed by atoms with Gasteiger partial charge in [-0.25, -0.2) is 14.6 Å². The van der Waals surface area contributed by atoms with Crippen LogP contribution in [0.1, 0.15) is 42.4 Å². The Balaban J connectivity index is 1.53. The average Bonchev–Trinajstić information content (AvgIpc) is 3.57. The predicted molar refractivity (Wildman–Crippen MR) is 131 cm³/mol. The summed E-state index contributed by atoms with van der Waals surface area (Å²) in [7, 11) is 1.81. The molecule has 3 heterocycles. The summed E-state index contributed by atoms with van der Waals surface area (Å²) in [5.41, 5.74) is 5.43. The molecule has 0 radical (unpaired) electrons. The van der Waals surface area contributed by atoms with Gasteiger partial charge in [-0.3, -0.25) is 4.79 Å². The van der Waals surface area contributed by atoms with Gasteiger partial charge in [-0.15, -0.1) is 0 Å². The second kappa shape index (κ2) is 8.30. The Hall–Kier alpha value is -3.19. The van der Waals surface area contributed by atoms with Crippen molar-refractivity contribution in [3.8, 4) is 5.95 Å². The Morgan fingerprint density at radius 3 is 2.70 bits per heavy atom. The molecule has 5 rings (SSSR count). The van der Waals surface area contributed by atoms with Gasteiger partial charge in [0.15, 0.2) is 0 Å². The molecule has 7 nitrogen and oxygen atoms in total. The van der Waals surface area contributed by atoms with Gasteiger partial charge in [-0.1, -0.05) is 17.7 Å². The van der Waals surface area contributed by atoms with Crippen LogP contribution in [0.25, 0.3) is 16.9 Å². The van der Waals surface area contributed by atoms with Crippen molar-refractivity contribution in [3.05, 3.63) is 74.6 Å². The second-order valence-electron chi connectivity index (χ2n) is 9.06. The maximum Gasteiger partial charge on any atom is 0.252 e. The normalized spacial score (nSPS) is 14.6. The van der Waals surface area contributed by atoms with Crippen LogP contribution >= 0.6 is 11.6 Å². The van der Waals surface area contributed by atoms with E-state index in [1.54, 1.807) is 28.6 Å². The number of halogens is 1. The third kappa shape index (κ3) is 4.25. The highest BCUT2D eigenvalue weighted by molar-refractivity contribution is 6.31. The number of hydrogen-bond donors (Lipinski definition) is 1. The van der Waals surface area contributed by atoms with E-state index in [-0.39, 0.29) is 5.56 Å². The highest BCUT2D eigenvalue weighted by atomic mass is 35.5. The van der Waals surface area contributed by atoms with Crippen LogP contribution in [-0.2, 0) is 13.5 Å². The van der Waals surface area contributed by atoms with Crippen molar-refractivity contribution in [1.82, 2.24) is 24.3 Å². The number of aromatic nitrogens is 5. The predicted octanol–water partition coefficient (Wildman–Crippen LogP) is 4.59. The topological polar surface area (TPSA) is 77.6 Å². The molecule has 1 fully saturated rings. The van der Waals surface area contributed by atoms with Gasteiger partial charge < -0.3 is 9.88 Å². The monoisotopic (exact) mass is 462 g/mol. The van der Waals surface area contributed by atoms with E-state index in [9.17, 15) is 4.79 Å². The highest BCUT2D eigenvalue weighted by Gasteiger charge is 2.28. The Labute approximate surface area is 197 Å². The van der Waals surface area contributed by atoms with Crippen LogP contribution in [0, 0.1) is 19.8 Å². The first-order chi connectivity index (χ1) is 15.8. The number of pyridine rings is 1. The van der Waals surface area contributed by atoms with Gasteiger partial charge in [0.25, 0.3) is 11.5 Å². The quantitative estimate of drug-likeness (QED) is 0.453. The third-order valence-corrected chi connectivity index (χ3v) is 6.71. The van der Waals surface area contributed by atoms with Crippen molar-refractivity contribution in [2.45, 2.75) is 46.1 Å². The molecule has 0 spiro atoms. The van der Waals surface area contributed by atoms with E-state index in [1.165, 1.54) is 12.8 Å². The Bertz CT molecular complexity index is 1420. The van der Waals surface area contributed by atoms with E-state index >= 15 is 0 Å². The summed E-state index contributed by atoms with van der Waals surface area (Å²) in [6.45, 7) is 6.10. The molecule has 1 atom stereocenters. The molecule has 4 aromatic rings. The largest absolute Gasteiger partial charge is 0.382 e. The lowest BCUT2D eigenvalue weighted by atomic mass is 10.0. The molecule has 1 aromatic carbocycles. The molecule has 3 aromatic heterocycles. The lowest BCUT2D eigenvalue weighted by Gasteiger charge is -2.18. The molecule has 0 aliphatic heterocycles. The summed E-state index contributed by atoms with van der Waals surface area (Å²) in [5, 5.41) is 9.60. The standard InChI is InChI=1S/C25H27ClN6O/c1-14-9-15(2)32(30-14)25-27-13-20(26)22(29-25)11-17-5-8-23-19(10-17)21(12-24(33)31(23)4)28-16(3)18-6-7-18/h5,8-10,12-13,16,18,28H,6-7,11H2,1-4H3/t16-/m1/s1. The van der Waals surface area contributed by atoms with Gasteiger partial charge in [-0.05, 0) is 63.3 Å². The Morgan fingerprint density at radius 1 is 1.21 bits per heavy atom. The number of nitrogens with zero attached hydrogens (tertiary/aromatic N) is 5. The van der Waals surface area contributed by atoms with E-state index in [1.807, 2.05) is 32.0 Å². The van der Waals surface area contributed by atoms with Crippen molar-refractivity contribution in [2.24, 2.45) is 13.0 Å². The van der Waals surface area contributed by atoms with E-state index in [0.29, 0.717) is 29.4 Å². The summed E-state index contributed by atoms with van der Waals surface area (Å²) in [6, 6.07) is 10.2. The first kappa shape index (κ1) is 21.6. The van der Waals surface area contributed by atoms with Crippen molar-refractivity contribution >= 4 is 28.2 Å². The number of fused-ring (bicyclic) bond motifs is 1. The minimum atomic E-state index is -0.0193. The first-order valence-electron chi connectivity index (χ1n) is 11.2. The molecular formula is C25H27ClN6O. The van der Waals surface area contributed by atoms with Crippen LogP contribution in [0.2, 0.25) is 5.02 Å². The van der Waals surface area contributed by atoms with E-state index < -0.39 is 0 Å².